The van der Waals surface area contributed by atoms with Crippen molar-refractivity contribution < 1.29 is 27.2 Å². The molecule has 2 fully saturated rings. The zero-order chi connectivity index (χ0) is 22.0. The molecule has 1 amide bonds. The average molecular weight is 466 g/mol. The lowest BCUT2D eigenvalue weighted by atomic mass is 9.97. The van der Waals surface area contributed by atoms with Crippen LogP contribution in [0.1, 0.15) is 44.1 Å². The van der Waals surface area contributed by atoms with Crippen LogP contribution in [0.2, 0.25) is 0 Å². The van der Waals surface area contributed by atoms with Gasteiger partial charge in [-0.3, -0.25) is 14.9 Å². The first-order valence-electron chi connectivity index (χ1n) is 9.85. The number of nitrogens with one attached hydrogen (secondary N) is 1. The number of aromatic nitrogens is 1. The molecule has 8 nitrogen and oxygen atoms in total. The van der Waals surface area contributed by atoms with E-state index in [2.05, 4.69) is 15.5 Å². The highest BCUT2D eigenvalue weighted by atomic mass is 32.2. The van der Waals surface area contributed by atoms with Crippen LogP contribution in [0, 0.1) is 5.13 Å². The summed E-state index contributed by atoms with van der Waals surface area (Å²) in [6.07, 6.45) is 3.81. The molecule has 4 rings (SSSR count). The highest BCUT2D eigenvalue weighted by molar-refractivity contribution is 7.92. The number of sulfone groups is 1. The van der Waals surface area contributed by atoms with E-state index in [1.54, 1.807) is 0 Å². The molecule has 1 aromatic heterocycles. The van der Waals surface area contributed by atoms with E-state index >= 15 is 0 Å². The van der Waals surface area contributed by atoms with Crippen LogP contribution in [-0.2, 0) is 24.3 Å². The Morgan fingerprint density at radius 2 is 1.84 bits per heavy atom. The molecule has 31 heavy (non-hydrogen) atoms. The van der Waals surface area contributed by atoms with Crippen molar-refractivity contribution in [2.75, 3.05) is 5.32 Å². The fourth-order valence-corrected chi connectivity index (χ4v) is 5.41. The molecular weight excluding hydrogens is 445 g/mol. The molecule has 1 aromatic carbocycles. The second kappa shape index (κ2) is 8.83. The molecule has 2 aliphatic carbocycles. The molecule has 1 N–H and O–H groups in total. The van der Waals surface area contributed by atoms with Crippen molar-refractivity contribution in [1.29, 1.82) is 0 Å². The maximum Gasteiger partial charge on any atom is 0.280 e. The Morgan fingerprint density at radius 3 is 2.42 bits per heavy atom. The van der Waals surface area contributed by atoms with Gasteiger partial charge in [0.2, 0.25) is 0 Å². The van der Waals surface area contributed by atoms with Crippen LogP contribution < -0.4 is 5.32 Å². The molecule has 164 valence electrons. The number of amides is 1. The number of carbonyl (C=O) groups is 2. The van der Waals surface area contributed by atoms with Crippen LogP contribution in [0.4, 0.5) is 9.52 Å². The fraction of sp³-hybridized carbons (Fsp3) is 0.400. The number of thiazole rings is 1. The second-order valence-electron chi connectivity index (χ2n) is 7.48. The van der Waals surface area contributed by atoms with E-state index in [1.165, 1.54) is 24.3 Å². The Bertz CT molecular complexity index is 1110. The summed E-state index contributed by atoms with van der Waals surface area (Å²) in [5, 5.41) is 5.66. The normalized spacial score (nSPS) is 18.1. The third kappa shape index (κ3) is 5.16. The van der Waals surface area contributed by atoms with Crippen LogP contribution in [0.25, 0.3) is 0 Å². The molecule has 0 spiro atoms. The van der Waals surface area contributed by atoms with Gasteiger partial charge in [-0.15, -0.1) is 0 Å². The van der Waals surface area contributed by atoms with Gasteiger partial charge in [0.25, 0.3) is 5.91 Å². The van der Waals surface area contributed by atoms with Crippen molar-refractivity contribution >= 4 is 43.7 Å². The first-order valence-corrected chi connectivity index (χ1v) is 12.2. The lowest BCUT2D eigenvalue weighted by molar-refractivity contribution is -0.123. The first kappa shape index (κ1) is 21.6. The van der Waals surface area contributed by atoms with Gasteiger partial charge in [-0.05, 0) is 37.8 Å². The van der Waals surface area contributed by atoms with Gasteiger partial charge in [0.1, 0.15) is 11.9 Å². The number of rotatable bonds is 7. The van der Waals surface area contributed by atoms with Crippen molar-refractivity contribution in [3.05, 3.63) is 41.2 Å². The third-order valence-electron chi connectivity index (χ3n) is 5.12. The van der Waals surface area contributed by atoms with Gasteiger partial charge in [-0.2, -0.15) is 4.39 Å². The summed E-state index contributed by atoms with van der Waals surface area (Å²) in [7, 11) is -3.36. The zero-order valence-electron chi connectivity index (χ0n) is 16.4. The van der Waals surface area contributed by atoms with Crippen LogP contribution in [-0.4, -0.2) is 42.2 Å². The largest absolute Gasteiger partial charge is 0.392 e. The van der Waals surface area contributed by atoms with Gasteiger partial charge < -0.3 is 4.84 Å². The summed E-state index contributed by atoms with van der Waals surface area (Å²) < 4.78 is 38.0. The molecule has 0 radical (unpaired) electrons. The molecule has 2 aromatic rings. The van der Waals surface area contributed by atoms with E-state index in [9.17, 15) is 22.4 Å². The number of nitrogens with zero attached hydrogens (tertiary/aromatic N) is 2. The fourth-order valence-electron chi connectivity index (χ4n) is 3.21. The summed E-state index contributed by atoms with van der Waals surface area (Å²) in [5.74, 6) is -0.501. The Hall–Kier alpha value is -2.66. The minimum absolute atomic E-state index is 0.0615. The maximum absolute atomic E-state index is 13.2. The third-order valence-corrected chi connectivity index (χ3v) is 8.10. The summed E-state index contributed by atoms with van der Waals surface area (Å²) >= 11 is 0.669. The number of hydrogen-bond acceptors (Lipinski definition) is 8. The minimum atomic E-state index is -3.36. The summed E-state index contributed by atoms with van der Waals surface area (Å²) in [4.78, 5) is 33.7. The summed E-state index contributed by atoms with van der Waals surface area (Å²) in [6, 6.07) is 5.86. The highest BCUT2D eigenvalue weighted by Gasteiger charge is 2.36. The minimum Gasteiger partial charge on any atom is -0.392 e. The zero-order valence-corrected chi connectivity index (χ0v) is 18.0. The standard InChI is InChI=1S/C20H20FN3O5S2/c21-17-11-22-20(30-17)23-19(26)18(24-29-14-5-3-13(25)4-6-14)12-1-7-15(8-2-12)31(27,28)16-9-10-16/h1-2,7-8,11,14,16H,3-6,9-10H2,(H,22,23,26). The monoisotopic (exact) mass is 465 g/mol. The molecule has 0 bridgehead atoms. The first-order chi connectivity index (χ1) is 14.8. The van der Waals surface area contributed by atoms with Crippen molar-refractivity contribution in [2.24, 2.45) is 5.16 Å². The van der Waals surface area contributed by atoms with Gasteiger partial charge in [-0.1, -0.05) is 28.6 Å². The maximum atomic E-state index is 13.2. The molecule has 11 heteroatoms. The summed E-state index contributed by atoms with van der Waals surface area (Å²) in [6.45, 7) is 0. The lowest BCUT2D eigenvalue weighted by Gasteiger charge is -2.19. The highest BCUT2D eigenvalue weighted by Crippen LogP contribution is 2.33. The molecule has 0 atom stereocenters. The van der Waals surface area contributed by atoms with Crippen molar-refractivity contribution in [3.63, 3.8) is 0 Å². The number of Topliss-reactive ketones (excluding diaryl/α,β-unsaturated/α-hetero) is 1. The van der Waals surface area contributed by atoms with Gasteiger partial charge >= 0.3 is 0 Å². The predicted octanol–water partition coefficient (Wildman–Crippen LogP) is 3.09. The van der Waals surface area contributed by atoms with E-state index in [0.29, 0.717) is 55.4 Å². The van der Waals surface area contributed by atoms with Crippen LogP contribution in [0.15, 0.2) is 40.5 Å². The average Bonchev–Trinajstić information content (AvgIpc) is 3.54. The molecule has 2 aliphatic rings. The molecule has 2 saturated carbocycles. The van der Waals surface area contributed by atoms with Gasteiger partial charge in [0.05, 0.1) is 16.3 Å². The number of carbonyl (C=O) groups excluding carboxylic acids is 2. The second-order valence-corrected chi connectivity index (χ2v) is 10.7. The summed E-state index contributed by atoms with van der Waals surface area (Å²) in [5.41, 5.74) is 0.249. The number of oxime groups is 1. The topological polar surface area (TPSA) is 115 Å². The Balaban J connectivity index is 1.57. The molecule has 0 saturated heterocycles. The van der Waals surface area contributed by atoms with E-state index in [1.807, 2.05) is 0 Å². The van der Waals surface area contributed by atoms with Crippen molar-refractivity contribution in [1.82, 2.24) is 4.98 Å². The van der Waals surface area contributed by atoms with E-state index in [4.69, 9.17) is 4.84 Å². The van der Waals surface area contributed by atoms with Crippen molar-refractivity contribution in [3.8, 4) is 0 Å². The smallest absolute Gasteiger partial charge is 0.280 e. The number of benzene rings is 1. The Labute approximate surface area is 182 Å². The molecule has 0 unspecified atom stereocenters. The predicted molar refractivity (Wildman–Crippen MR) is 112 cm³/mol. The van der Waals surface area contributed by atoms with Crippen LogP contribution in [0.5, 0.6) is 0 Å². The van der Waals surface area contributed by atoms with Gasteiger partial charge in [0, 0.05) is 18.4 Å². The quantitative estimate of drug-likeness (QED) is 0.496. The number of halogens is 1. The van der Waals surface area contributed by atoms with E-state index < -0.39 is 20.9 Å². The van der Waals surface area contributed by atoms with E-state index in [0.717, 1.165) is 6.20 Å². The van der Waals surface area contributed by atoms with Crippen LogP contribution in [0.3, 0.4) is 0 Å². The number of ketones is 1. The molecule has 1 heterocycles. The van der Waals surface area contributed by atoms with Gasteiger partial charge in [0.15, 0.2) is 25.8 Å². The van der Waals surface area contributed by atoms with Crippen LogP contribution >= 0.6 is 11.3 Å². The number of hydrogen-bond donors (Lipinski definition) is 1. The molecule has 0 aliphatic heterocycles. The Kier molecular flexibility index (Phi) is 6.15. The van der Waals surface area contributed by atoms with Gasteiger partial charge in [-0.25, -0.2) is 13.4 Å². The SMILES string of the molecule is O=C1CCC(ON=C(C(=O)Nc2ncc(F)s2)c2ccc(S(=O)(=O)C3CC3)cc2)CC1. The Morgan fingerprint density at radius 1 is 1.16 bits per heavy atom. The number of anilines is 1. The molecular formula is C20H20FN3O5S2. The van der Waals surface area contributed by atoms with E-state index in [-0.39, 0.29) is 32.9 Å². The lowest BCUT2D eigenvalue weighted by Crippen LogP contribution is -2.26. The van der Waals surface area contributed by atoms with Crippen molar-refractivity contribution in [2.45, 2.75) is 54.8 Å².